The molecule has 6 heteroatoms. The Hall–Kier alpha value is -1.59. The Balaban J connectivity index is 4.56. The van der Waals surface area contributed by atoms with Gasteiger partial charge in [0.05, 0.1) is 6.61 Å². The second-order valence-electron chi connectivity index (χ2n) is 5.38. The lowest BCUT2D eigenvalue weighted by atomic mass is 10.1. The van der Waals surface area contributed by atoms with E-state index in [-0.39, 0.29) is 25.2 Å². The van der Waals surface area contributed by atoms with E-state index in [9.17, 15) is 14.4 Å². The molecule has 0 aliphatic rings. The molecule has 0 heterocycles. The zero-order valence-corrected chi connectivity index (χ0v) is 12.9. The molecule has 0 unspecified atom stereocenters. The molecule has 0 rings (SSSR count). The SMILES string of the molecule is CCOC(=O)[C@H](CCC(=O)CC)NC(=O)OC(C)(C)C. The van der Waals surface area contributed by atoms with E-state index in [2.05, 4.69) is 5.32 Å². The van der Waals surface area contributed by atoms with Crippen LogP contribution in [0.1, 0.15) is 53.9 Å². The second kappa shape index (κ2) is 8.55. The molecule has 20 heavy (non-hydrogen) atoms. The van der Waals surface area contributed by atoms with Crippen LogP contribution in [0.25, 0.3) is 0 Å². The number of hydrogen-bond acceptors (Lipinski definition) is 5. The summed E-state index contributed by atoms with van der Waals surface area (Å²) >= 11 is 0. The average molecular weight is 287 g/mol. The number of hydrogen-bond donors (Lipinski definition) is 1. The predicted molar refractivity (Wildman–Crippen MR) is 74.3 cm³/mol. The maximum Gasteiger partial charge on any atom is 0.408 e. The van der Waals surface area contributed by atoms with Crippen molar-refractivity contribution in [2.24, 2.45) is 0 Å². The monoisotopic (exact) mass is 287 g/mol. The van der Waals surface area contributed by atoms with Gasteiger partial charge in [0, 0.05) is 12.8 Å². The molecule has 116 valence electrons. The minimum atomic E-state index is -0.861. The molecule has 0 bridgehead atoms. The van der Waals surface area contributed by atoms with E-state index in [1.165, 1.54) is 0 Å². The topological polar surface area (TPSA) is 81.7 Å². The number of amides is 1. The van der Waals surface area contributed by atoms with Gasteiger partial charge >= 0.3 is 12.1 Å². The van der Waals surface area contributed by atoms with Crippen molar-refractivity contribution in [1.29, 1.82) is 0 Å². The van der Waals surface area contributed by atoms with Gasteiger partial charge in [-0.05, 0) is 34.1 Å². The summed E-state index contributed by atoms with van der Waals surface area (Å²) in [6.07, 6.45) is 0.141. The molecule has 1 atom stereocenters. The molecule has 0 fully saturated rings. The molecule has 0 spiro atoms. The fourth-order valence-electron chi connectivity index (χ4n) is 1.42. The highest BCUT2D eigenvalue weighted by Gasteiger charge is 2.25. The van der Waals surface area contributed by atoms with Crippen LogP contribution in [0.5, 0.6) is 0 Å². The lowest BCUT2D eigenvalue weighted by molar-refractivity contribution is -0.145. The highest BCUT2D eigenvalue weighted by molar-refractivity contribution is 5.83. The fraction of sp³-hybridized carbons (Fsp3) is 0.786. The zero-order valence-electron chi connectivity index (χ0n) is 12.9. The number of carbonyl (C=O) groups excluding carboxylic acids is 3. The van der Waals surface area contributed by atoms with Gasteiger partial charge in [-0.15, -0.1) is 0 Å². The highest BCUT2D eigenvalue weighted by atomic mass is 16.6. The molecule has 0 saturated carbocycles. The normalized spacial score (nSPS) is 12.4. The number of alkyl carbamates (subject to hydrolysis) is 1. The number of rotatable bonds is 7. The summed E-state index contributed by atoms with van der Waals surface area (Å²) in [5.41, 5.74) is -0.650. The van der Waals surface area contributed by atoms with Crippen LogP contribution in [-0.4, -0.2) is 36.1 Å². The van der Waals surface area contributed by atoms with Crippen LogP contribution in [0.3, 0.4) is 0 Å². The Labute approximate surface area is 120 Å². The zero-order chi connectivity index (χ0) is 15.8. The summed E-state index contributed by atoms with van der Waals surface area (Å²) in [6, 6.07) is -0.861. The third-order valence-electron chi connectivity index (χ3n) is 2.37. The molecular formula is C14H25NO5. The summed E-state index contributed by atoms with van der Waals surface area (Å²) < 4.78 is 9.97. The third-order valence-corrected chi connectivity index (χ3v) is 2.37. The summed E-state index contributed by atoms with van der Waals surface area (Å²) in [7, 11) is 0. The Kier molecular flexibility index (Phi) is 7.87. The van der Waals surface area contributed by atoms with Gasteiger partial charge in [-0.25, -0.2) is 9.59 Å². The Morgan fingerprint density at radius 2 is 1.75 bits per heavy atom. The first kappa shape index (κ1) is 18.4. The number of nitrogens with one attached hydrogen (secondary N) is 1. The van der Waals surface area contributed by atoms with E-state index in [4.69, 9.17) is 9.47 Å². The number of carbonyl (C=O) groups is 3. The molecule has 1 amide bonds. The highest BCUT2D eigenvalue weighted by Crippen LogP contribution is 2.09. The fourth-order valence-corrected chi connectivity index (χ4v) is 1.42. The molecule has 0 aromatic carbocycles. The maximum atomic E-state index is 11.7. The van der Waals surface area contributed by atoms with Gasteiger partial charge in [-0.1, -0.05) is 6.92 Å². The van der Waals surface area contributed by atoms with Gasteiger partial charge in [0.15, 0.2) is 0 Å². The molecule has 0 saturated heterocycles. The smallest absolute Gasteiger partial charge is 0.408 e. The van der Waals surface area contributed by atoms with Crippen LogP contribution in [0, 0.1) is 0 Å². The first-order chi connectivity index (χ1) is 9.19. The molecule has 0 aliphatic heterocycles. The summed E-state index contributed by atoms with van der Waals surface area (Å²) in [5.74, 6) is -0.521. The Bertz CT molecular complexity index is 346. The van der Waals surface area contributed by atoms with Crippen LogP contribution >= 0.6 is 0 Å². The number of ether oxygens (including phenoxy) is 2. The van der Waals surface area contributed by atoms with Crippen molar-refractivity contribution < 1.29 is 23.9 Å². The van der Waals surface area contributed by atoms with Crippen molar-refractivity contribution in [2.75, 3.05) is 6.61 Å². The quantitative estimate of drug-likeness (QED) is 0.726. The lowest BCUT2D eigenvalue weighted by Crippen LogP contribution is -2.44. The minimum Gasteiger partial charge on any atom is -0.464 e. The Morgan fingerprint density at radius 3 is 2.20 bits per heavy atom. The first-order valence-corrected chi connectivity index (χ1v) is 6.87. The van der Waals surface area contributed by atoms with Crippen LogP contribution < -0.4 is 5.32 Å². The molecule has 6 nitrogen and oxygen atoms in total. The summed E-state index contributed by atoms with van der Waals surface area (Å²) in [4.78, 5) is 34.7. The van der Waals surface area contributed by atoms with E-state index < -0.39 is 23.7 Å². The van der Waals surface area contributed by atoms with E-state index in [0.717, 1.165) is 0 Å². The number of esters is 1. The third kappa shape index (κ3) is 8.50. The molecule has 1 N–H and O–H groups in total. The Morgan fingerprint density at radius 1 is 1.15 bits per heavy atom. The van der Waals surface area contributed by atoms with Gasteiger partial charge in [-0.2, -0.15) is 0 Å². The molecule has 0 aromatic rings. The van der Waals surface area contributed by atoms with Crippen molar-refractivity contribution in [3.8, 4) is 0 Å². The molecule has 0 radical (unpaired) electrons. The van der Waals surface area contributed by atoms with Gasteiger partial charge < -0.3 is 14.8 Å². The van der Waals surface area contributed by atoms with Gasteiger partial charge in [0.1, 0.15) is 17.4 Å². The molecule has 0 aromatic heterocycles. The lowest BCUT2D eigenvalue weighted by Gasteiger charge is -2.22. The largest absolute Gasteiger partial charge is 0.464 e. The molecule has 0 aliphatic carbocycles. The van der Waals surface area contributed by atoms with E-state index in [1.807, 2.05) is 0 Å². The maximum absolute atomic E-state index is 11.7. The van der Waals surface area contributed by atoms with Crippen molar-refractivity contribution in [3.05, 3.63) is 0 Å². The first-order valence-electron chi connectivity index (χ1n) is 6.87. The van der Waals surface area contributed by atoms with E-state index >= 15 is 0 Å². The van der Waals surface area contributed by atoms with E-state index in [0.29, 0.717) is 6.42 Å². The standard InChI is InChI=1S/C14H25NO5/c1-6-10(16)8-9-11(12(17)19-7-2)15-13(18)20-14(3,4)5/h11H,6-9H2,1-5H3,(H,15,18)/t11-/m0/s1. The van der Waals surface area contributed by atoms with Crippen molar-refractivity contribution >= 4 is 17.8 Å². The van der Waals surface area contributed by atoms with Crippen LogP contribution in [0.4, 0.5) is 4.79 Å². The predicted octanol–water partition coefficient (Wildman–Crippen LogP) is 2.20. The van der Waals surface area contributed by atoms with E-state index in [1.54, 1.807) is 34.6 Å². The second-order valence-corrected chi connectivity index (χ2v) is 5.38. The van der Waals surface area contributed by atoms with Crippen molar-refractivity contribution in [1.82, 2.24) is 5.32 Å². The van der Waals surface area contributed by atoms with Gasteiger partial charge in [-0.3, -0.25) is 4.79 Å². The van der Waals surface area contributed by atoms with Crippen LogP contribution in [0.15, 0.2) is 0 Å². The van der Waals surface area contributed by atoms with Crippen LogP contribution in [-0.2, 0) is 19.1 Å². The van der Waals surface area contributed by atoms with Crippen molar-refractivity contribution in [2.45, 2.75) is 65.5 Å². The number of ketones is 1. The summed E-state index contributed by atoms with van der Waals surface area (Å²) in [6.45, 7) is 8.83. The minimum absolute atomic E-state index is 0.0327. The summed E-state index contributed by atoms with van der Waals surface area (Å²) in [5, 5.41) is 2.45. The average Bonchev–Trinajstić information content (AvgIpc) is 2.31. The van der Waals surface area contributed by atoms with Crippen molar-refractivity contribution in [3.63, 3.8) is 0 Å². The van der Waals surface area contributed by atoms with Crippen LogP contribution in [0.2, 0.25) is 0 Å². The number of Topliss-reactive ketones (excluding diaryl/α,β-unsaturated/α-hetero) is 1. The van der Waals surface area contributed by atoms with Gasteiger partial charge in [0.2, 0.25) is 0 Å². The van der Waals surface area contributed by atoms with Gasteiger partial charge in [0.25, 0.3) is 0 Å². The molecular weight excluding hydrogens is 262 g/mol.